The monoisotopic (exact) mass is 279 g/mol. The summed E-state index contributed by atoms with van der Waals surface area (Å²) in [5.74, 6) is -2.45. The Bertz CT molecular complexity index is 427. The van der Waals surface area contributed by atoms with Crippen molar-refractivity contribution in [1.82, 2.24) is 0 Å². The minimum Gasteiger partial charge on any atom is -0.466 e. The predicted octanol–water partition coefficient (Wildman–Crippen LogP) is 2.65. The summed E-state index contributed by atoms with van der Waals surface area (Å²) < 4.78 is 31.5. The number of hydrogen-bond acceptors (Lipinski definition) is 3. The zero-order valence-electron chi connectivity index (χ0n) is 10.2. The molecule has 0 aliphatic heterocycles. The van der Waals surface area contributed by atoms with Gasteiger partial charge in [0, 0.05) is 11.6 Å². The molecule has 3 nitrogen and oxygen atoms in total. The van der Waals surface area contributed by atoms with E-state index in [0.29, 0.717) is 0 Å². The first-order chi connectivity index (χ1) is 7.97. The van der Waals surface area contributed by atoms with Crippen molar-refractivity contribution >= 4 is 18.4 Å². The van der Waals surface area contributed by atoms with Crippen molar-refractivity contribution in [3.63, 3.8) is 0 Å². The largest absolute Gasteiger partial charge is 0.466 e. The van der Waals surface area contributed by atoms with Crippen LogP contribution in [0.25, 0.3) is 0 Å². The maximum atomic E-state index is 13.5. The lowest BCUT2D eigenvalue weighted by Crippen LogP contribution is -2.19. The molecule has 0 fully saturated rings. The molecule has 0 heterocycles. The lowest BCUT2D eigenvalue weighted by atomic mass is 10.0. The van der Waals surface area contributed by atoms with Gasteiger partial charge in [-0.3, -0.25) is 4.79 Å². The van der Waals surface area contributed by atoms with E-state index in [0.717, 1.165) is 0 Å². The van der Waals surface area contributed by atoms with E-state index < -0.39 is 23.6 Å². The Kier molecular flexibility index (Phi) is 6.80. The standard InChI is InChI=1S/C12H15F2NO2.ClH/c1-3-17-10(16)6-9(15)8-5-4-7(2)11(13)12(8)14;/h4-5,9H,3,6,15H2,1-2H3;1H/t9-;/m1./s1. The molecular weight excluding hydrogens is 264 g/mol. The van der Waals surface area contributed by atoms with Gasteiger partial charge < -0.3 is 10.5 Å². The number of rotatable bonds is 4. The smallest absolute Gasteiger partial charge is 0.307 e. The topological polar surface area (TPSA) is 52.3 Å². The summed E-state index contributed by atoms with van der Waals surface area (Å²) in [6.07, 6.45) is -0.173. The van der Waals surface area contributed by atoms with E-state index in [-0.39, 0.29) is 36.6 Å². The summed E-state index contributed by atoms with van der Waals surface area (Å²) in [6, 6.07) is 1.92. The molecule has 0 bridgehead atoms. The summed E-state index contributed by atoms with van der Waals surface area (Å²) in [5, 5.41) is 0. The van der Waals surface area contributed by atoms with Crippen molar-refractivity contribution in [2.24, 2.45) is 5.73 Å². The van der Waals surface area contributed by atoms with Gasteiger partial charge in [-0.1, -0.05) is 12.1 Å². The van der Waals surface area contributed by atoms with Crippen molar-refractivity contribution in [3.05, 3.63) is 34.9 Å². The lowest BCUT2D eigenvalue weighted by molar-refractivity contribution is -0.143. The van der Waals surface area contributed by atoms with Crippen LogP contribution in [0.15, 0.2) is 12.1 Å². The maximum absolute atomic E-state index is 13.5. The molecule has 0 amide bonds. The van der Waals surface area contributed by atoms with Crippen molar-refractivity contribution in [2.45, 2.75) is 26.3 Å². The molecule has 0 radical (unpaired) electrons. The second-order valence-electron chi connectivity index (χ2n) is 3.72. The Morgan fingerprint density at radius 1 is 1.39 bits per heavy atom. The highest BCUT2D eigenvalue weighted by Crippen LogP contribution is 2.22. The number of carbonyl (C=O) groups is 1. The summed E-state index contributed by atoms with van der Waals surface area (Å²) in [7, 11) is 0. The molecule has 6 heteroatoms. The number of carbonyl (C=O) groups excluding carboxylic acids is 1. The van der Waals surface area contributed by atoms with Crippen LogP contribution in [0.2, 0.25) is 0 Å². The third-order valence-corrected chi connectivity index (χ3v) is 2.40. The van der Waals surface area contributed by atoms with E-state index in [9.17, 15) is 13.6 Å². The number of nitrogens with two attached hydrogens (primary N) is 1. The van der Waals surface area contributed by atoms with Crippen LogP contribution < -0.4 is 5.73 Å². The first-order valence-electron chi connectivity index (χ1n) is 5.33. The summed E-state index contributed by atoms with van der Waals surface area (Å²) in [6.45, 7) is 3.35. The van der Waals surface area contributed by atoms with Crippen molar-refractivity contribution in [2.75, 3.05) is 6.61 Å². The van der Waals surface area contributed by atoms with Gasteiger partial charge in [-0.25, -0.2) is 8.78 Å². The molecular formula is C12H16ClF2NO2. The van der Waals surface area contributed by atoms with Crippen LogP contribution in [-0.4, -0.2) is 12.6 Å². The van der Waals surface area contributed by atoms with Crippen molar-refractivity contribution in [1.29, 1.82) is 0 Å². The molecule has 2 N–H and O–H groups in total. The van der Waals surface area contributed by atoms with Crippen LogP contribution in [0.5, 0.6) is 0 Å². The van der Waals surface area contributed by atoms with E-state index in [2.05, 4.69) is 0 Å². The summed E-state index contributed by atoms with van der Waals surface area (Å²) in [4.78, 5) is 11.2. The third-order valence-electron chi connectivity index (χ3n) is 2.40. The number of hydrogen-bond donors (Lipinski definition) is 1. The summed E-state index contributed by atoms with van der Waals surface area (Å²) in [5.41, 5.74) is 5.83. The van der Waals surface area contributed by atoms with Crippen molar-refractivity contribution < 1.29 is 18.3 Å². The Morgan fingerprint density at radius 3 is 2.56 bits per heavy atom. The second kappa shape index (κ2) is 7.28. The van der Waals surface area contributed by atoms with Crippen LogP contribution in [-0.2, 0) is 9.53 Å². The fourth-order valence-electron chi connectivity index (χ4n) is 1.46. The van der Waals surface area contributed by atoms with Gasteiger partial charge in [0.2, 0.25) is 0 Å². The number of aryl methyl sites for hydroxylation is 1. The van der Waals surface area contributed by atoms with Gasteiger partial charge in [-0.05, 0) is 19.4 Å². The Morgan fingerprint density at radius 2 is 2.00 bits per heavy atom. The van der Waals surface area contributed by atoms with Gasteiger partial charge in [-0.15, -0.1) is 12.4 Å². The molecule has 1 rings (SSSR count). The minimum absolute atomic E-state index is 0. The van der Waals surface area contributed by atoms with E-state index >= 15 is 0 Å². The predicted molar refractivity (Wildman–Crippen MR) is 66.5 cm³/mol. The van der Waals surface area contributed by atoms with Crippen LogP contribution in [0, 0.1) is 18.6 Å². The molecule has 0 aliphatic rings. The van der Waals surface area contributed by atoms with Gasteiger partial charge >= 0.3 is 5.97 Å². The first-order valence-corrected chi connectivity index (χ1v) is 5.33. The number of halogens is 3. The van der Waals surface area contributed by atoms with Gasteiger partial charge in [0.1, 0.15) is 0 Å². The van der Waals surface area contributed by atoms with Crippen LogP contribution in [0.3, 0.4) is 0 Å². The summed E-state index contributed by atoms with van der Waals surface area (Å²) >= 11 is 0. The maximum Gasteiger partial charge on any atom is 0.307 e. The van der Waals surface area contributed by atoms with Gasteiger partial charge in [0.15, 0.2) is 11.6 Å². The first kappa shape index (κ1) is 16.8. The SMILES string of the molecule is CCOC(=O)C[C@@H](N)c1ccc(C)c(F)c1F.Cl. The van der Waals surface area contributed by atoms with Crippen LogP contribution in [0.1, 0.15) is 30.5 Å². The number of ether oxygens (including phenoxy) is 1. The van der Waals surface area contributed by atoms with Crippen LogP contribution >= 0.6 is 12.4 Å². The molecule has 0 spiro atoms. The number of benzene rings is 1. The van der Waals surface area contributed by atoms with E-state index in [4.69, 9.17) is 10.5 Å². The molecule has 0 saturated heterocycles. The van der Waals surface area contributed by atoms with E-state index in [1.807, 2.05) is 0 Å². The second-order valence-corrected chi connectivity index (χ2v) is 3.72. The molecule has 1 aromatic rings. The number of esters is 1. The van der Waals surface area contributed by atoms with Crippen molar-refractivity contribution in [3.8, 4) is 0 Å². The molecule has 102 valence electrons. The Balaban J connectivity index is 0.00000289. The zero-order chi connectivity index (χ0) is 13.0. The molecule has 0 aliphatic carbocycles. The highest BCUT2D eigenvalue weighted by Gasteiger charge is 2.19. The Labute approximate surface area is 111 Å². The third kappa shape index (κ3) is 3.92. The fourth-order valence-corrected chi connectivity index (χ4v) is 1.46. The van der Waals surface area contributed by atoms with Gasteiger partial charge in [0.05, 0.1) is 13.0 Å². The highest BCUT2D eigenvalue weighted by atomic mass is 35.5. The average Bonchev–Trinajstić information content (AvgIpc) is 2.26. The minimum atomic E-state index is -0.998. The highest BCUT2D eigenvalue weighted by molar-refractivity contribution is 5.85. The molecule has 0 unspecified atom stereocenters. The van der Waals surface area contributed by atoms with Gasteiger partial charge in [0.25, 0.3) is 0 Å². The fraction of sp³-hybridized carbons (Fsp3) is 0.417. The van der Waals surface area contributed by atoms with Crippen LogP contribution in [0.4, 0.5) is 8.78 Å². The Hall–Kier alpha value is -1.20. The zero-order valence-corrected chi connectivity index (χ0v) is 11.0. The molecule has 0 saturated carbocycles. The lowest BCUT2D eigenvalue weighted by Gasteiger charge is -2.13. The average molecular weight is 280 g/mol. The van der Waals surface area contributed by atoms with Gasteiger partial charge in [-0.2, -0.15) is 0 Å². The normalized spacial score (nSPS) is 11.6. The molecule has 1 atom stereocenters. The molecule has 0 aromatic heterocycles. The van der Waals surface area contributed by atoms with E-state index in [1.54, 1.807) is 6.92 Å². The quantitative estimate of drug-likeness (QED) is 0.862. The van der Waals surface area contributed by atoms with E-state index in [1.165, 1.54) is 19.1 Å². The molecule has 1 aromatic carbocycles. The molecule has 18 heavy (non-hydrogen) atoms.